The molecule has 0 bridgehead atoms. The first-order chi connectivity index (χ1) is 6.38. The van der Waals surface area contributed by atoms with E-state index < -0.39 is 11.7 Å². The zero-order chi connectivity index (χ0) is 10.9. The van der Waals surface area contributed by atoms with Crippen LogP contribution in [-0.2, 0) is 6.18 Å². The van der Waals surface area contributed by atoms with Crippen LogP contribution >= 0.6 is 15.9 Å². The summed E-state index contributed by atoms with van der Waals surface area (Å²) in [4.78, 5) is 0. The van der Waals surface area contributed by atoms with Gasteiger partial charge in [0.05, 0.1) is 21.3 Å². The summed E-state index contributed by atoms with van der Waals surface area (Å²) in [5.41, 5.74) is 4.27. The highest BCUT2D eigenvalue weighted by molar-refractivity contribution is 9.10. The molecule has 14 heavy (non-hydrogen) atoms. The van der Waals surface area contributed by atoms with Gasteiger partial charge in [0.1, 0.15) is 6.07 Å². The summed E-state index contributed by atoms with van der Waals surface area (Å²) >= 11 is 2.71. The van der Waals surface area contributed by atoms with Gasteiger partial charge >= 0.3 is 6.18 Å². The molecule has 0 unspecified atom stereocenters. The highest BCUT2D eigenvalue weighted by atomic mass is 79.9. The molecule has 0 spiro atoms. The van der Waals surface area contributed by atoms with Crippen molar-refractivity contribution in [1.82, 2.24) is 0 Å². The van der Waals surface area contributed by atoms with Crippen LogP contribution in [0, 0.1) is 11.3 Å². The Balaban J connectivity index is 3.41. The summed E-state index contributed by atoms with van der Waals surface area (Å²) in [5.74, 6) is 0. The van der Waals surface area contributed by atoms with E-state index in [0.717, 1.165) is 12.1 Å². The third kappa shape index (κ3) is 1.82. The first kappa shape index (κ1) is 10.9. The van der Waals surface area contributed by atoms with Crippen LogP contribution in [-0.4, -0.2) is 0 Å². The Kier molecular flexibility index (Phi) is 2.71. The zero-order valence-corrected chi connectivity index (χ0v) is 8.28. The molecule has 0 heterocycles. The van der Waals surface area contributed by atoms with Crippen LogP contribution in [0.15, 0.2) is 16.6 Å². The first-order valence-electron chi connectivity index (χ1n) is 3.43. The van der Waals surface area contributed by atoms with Crippen LogP contribution < -0.4 is 5.73 Å². The maximum atomic E-state index is 12.3. The Morgan fingerprint density at radius 2 is 1.93 bits per heavy atom. The van der Waals surface area contributed by atoms with Crippen LogP contribution in [0.4, 0.5) is 18.9 Å². The number of hydrogen-bond acceptors (Lipinski definition) is 2. The van der Waals surface area contributed by atoms with Crippen LogP contribution in [0.25, 0.3) is 0 Å². The summed E-state index contributed by atoms with van der Waals surface area (Å²) in [6, 6.07) is 3.56. The van der Waals surface area contributed by atoms with Crippen molar-refractivity contribution >= 4 is 21.6 Å². The molecular formula is C8H4BrF3N2. The van der Waals surface area contributed by atoms with E-state index in [1.54, 1.807) is 6.07 Å². The number of alkyl halides is 3. The maximum absolute atomic E-state index is 12.3. The van der Waals surface area contributed by atoms with Crippen molar-refractivity contribution in [3.05, 3.63) is 27.7 Å². The van der Waals surface area contributed by atoms with E-state index in [1.165, 1.54) is 0 Å². The standard InChI is InChI=1S/C8H4BrF3N2/c9-6-5(8(10,11)12)2-1-4(3-13)7(6)14/h1-2H,14H2. The Morgan fingerprint density at radius 1 is 1.36 bits per heavy atom. The van der Waals surface area contributed by atoms with Gasteiger partial charge in [-0.25, -0.2) is 0 Å². The molecule has 2 nitrogen and oxygen atoms in total. The SMILES string of the molecule is N#Cc1ccc(C(F)(F)F)c(Br)c1N. The molecule has 6 heteroatoms. The number of anilines is 1. The second-order valence-electron chi connectivity index (χ2n) is 2.50. The van der Waals surface area contributed by atoms with Gasteiger partial charge in [0, 0.05) is 0 Å². The predicted octanol–water partition coefficient (Wildman–Crippen LogP) is 2.92. The molecule has 1 rings (SSSR count). The minimum atomic E-state index is -4.47. The van der Waals surface area contributed by atoms with Gasteiger partial charge in [0.25, 0.3) is 0 Å². The van der Waals surface area contributed by atoms with E-state index >= 15 is 0 Å². The van der Waals surface area contributed by atoms with E-state index in [9.17, 15) is 13.2 Å². The van der Waals surface area contributed by atoms with Crippen LogP contribution in [0.5, 0.6) is 0 Å². The van der Waals surface area contributed by atoms with Crippen molar-refractivity contribution in [3.63, 3.8) is 0 Å². The third-order valence-electron chi connectivity index (χ3n) is 1.61. The molecule has 0 saturated carbocycles. The number of nitrogen functional groups attached to an aromatic ring is 1. The van der Waals surface area contributed by atoms with Gasteiger partial charge in [-0.1, -0.05) is 0 Å². The summed E-state index contributed by atoms with van der Waals surface area (Å²) in [6.45, 7) is 0. The summed E-state index contributed by atoms with van der Waals surface area (Å²) in [6.07, 6.45) is -4.47. The monoisotopic (exact) mass is 264 g/mol. The fourth-order valence-electron chi connectivity index (χ4n) is 0.909. The van der Waals surface area contributed by atoms with Gasteiger partial charge in [0.2, 0.25) is 0 Å². The van der Waals surface area contributed by atoms with Crippen molar-refractivity contribution in [1.29, 1.82) is 5.26 Å². The van der Waals surface area contributed by atoms with E-state index in [2.05, 4.69) is 15.9 Å². The first-order valence-corrected chi connectivity index (χ1v) is 4.22. The maximum Gasteiger partial charge on any atom is 0.417 e. The molecule has 2 N–H and O–H groups in total. The molecule has 0 aromatic heterocycles. The quantitative estimate of drug-likeness (QED) is 0.733. The van der Waals surface area contributed by atoms with E-state index in [-0.39, 0.29) is 15.7 Å². The second-order valence-corrected chi connectivity index (χ2v) is 3.29. The van der Waals surface area contributed by atoms with E-state index in [0.29, 0.717) is 0 Å². The lowest BCUT2D eigenvalue weighted by Crippen LogP contribution is -2.08. The molecule has 0 aliphatic carbocycles. The summed E-state index contributed by atoms with van der Waals surface area (Å²) in [5, 5.41) is 8.50. The minimum absolute atomic E-state index is 0.0184. The lowest BCUT2D eigenvalue weighted by atomic mass is 10.1. The van der Waals surface area contributed by atoms with E-state index in [4.69, 9.17) is 11.0 Å². The molecule has 0 atom stereocenters. The van der Waals surface area contributed by atoms with Crippen LogP contribution in [0.1, 0.15) is 11.1 Å². The Labute approximate surface area is 86.3 Å². The highest BCUT2D eigenvalue weighted by Crippen LogP contribution is 2.38. The van der Waals surface area contributed by atoms with Crippen LogP contribution in [0.2, 0.25) is 0 Å². The summed E-state index contributed by atoms with van der Waals surface area (Å²) in [7, 11) is 0. The van der Waals surface area contributed by atoms with Crippen molar-refractivity contribution in [2.75, 3.05) is 5.73 Å². The lowest BCUT2D eigenvalue weighted by molar-refractivity contribution is -0.138. The Hall–Kier alpha value is -1.22. The molecule has 74 valence electrons. The Morgan fingerprint density at radius 3 is 2.36 bits per heavy atom. The predicted molar refractivity (Wildman–Crippen MR) is 48.3 cm³/mol. The number of nitrogens with two attached hydrogens (primary N) is 1. The van der Waals surface area contributed by atoms with Gasteiger partial charge in [-0.15, -0.1) is 0 Å². The topological polar surface area (TPSA) is 49.8 Å². The molecule has 0 aliphatic heterocycles. The van der Waals surface area contributed by atoms with Crippen molar-refractivity contribution < 1.29 is 13.2 Å². The van der Waals surface area contributed by atoms with Crippen molar-refractivity contribution in [2.45, 2.75) is 6.18 Å². The van der Waals surface area contributed by atoms with Gasteiger partial charge in [0.15, 0.2) is 0 Å². The number of nitriles is 1. The minimum Gasteiger partial charge on any atom is -0.397 e. The average Bonchev–Trinajstić information content (AvgIpc) is 2.07. The number of halogens is 4. The smallest absolute Gasteiger partial charge is 0.397 e. The van der Waals surface area contributed by atoms with Gasteiger partial charge < -0.3 is 5.73 Å². The zero-order valence-electron chi connectivity index (χ0n) is 6.69. The number of benzene rings is 1. The number of nitrogens with zero attached hydrogens (tertiary/aromatic N) is 1. The fourth-order valence-corrected chi connectivity index (χ4v) is 1.48. The highest BCUT2D eigenvalue weighted by Gasteiger charge is 2.34. The van der Waals surface area contributed by atoms with Crippen LogP contribution in [0.3, 0.4) is 0 Å². The number of rotatable bonds is 0. The third-order valence-corrected chi connectivity index (χ3v) is 2.46. The number of hydrogen-bond donors (Lipinski definition) is 1. The molecule has 0 aliphatic rings. The largest absolute Gasteiger partial charge is 0.417 e. The van der Waals surface area contributed by atoms with Crippen molar-refractivity contribution in [2.24, 2.45) is 0 Å². The van der Waals surface area contributed by atoms with Crippen molar-refractivity contribution in [3.8, 4) is 6.07 Å². The van der Waals surface area contributed by atoms with E-state index in [1.807, 2.05) is 0 Å². The van der Waals surface area contributed by atoms with Gasteiger partial charge in [-0.2, -0.15) is 18.4 Å². The fraction of sp³-hybridized carbons (Fsp3) is 0.125. The molecule has 0 radical (unpaired) electrons. The normalized spacial score (nSPS) is 11.1. The molecule has 0 amide bonds. The van der Waals surface area contributed by atoms with Gasteiger partial charge in [-0.05, 0) is 28.1 Å². The molecule has 1 aromatic carbocycles. The molecule has 0 saturated heterocycles. The lowest BCUT2D eigenvalue weighted by Gasteiger charge is -2.11. The molecule has 1 aromatic rings. The summed E-state index contributed by atoms with van der Waals surface area (Å²) < 4.78 is 36.6. The van der Waals surface area contributed by atoms with Gasteiger partial charge in [-0.3, -0.25) is 0 Å². The average molecular weight is 265 g/mol. The molecular weight excluding hydrogens is 261 g/mol. The second kappa shape index (κ2) is 3.50. The molecule has 0 fully saturated rings. The Bertz CT molecular complexity index is 406.